The fourth-order valence-electron chi connectivity index (χ4n) is 2.93. The number of anilines is 1. The predicted octanol–water partition coefficient (Wildman–Crippen LogP) is 1.62. The highest BCUT2D eigenvalue weighted by Gasteiger charge is 2.37. The van der Waals surface area contributed by atoms with Crippen molar-refractivity contribution >= 4 is 11.6 Å². The van der Waals surface area contributed by atoms with Crippen molar-refractivity contribution in [3.8, 4) is 0 Å². The fourth-order valence-corrected chi connectivity index (χ4v) is 2.93. The zero-order chi connectivity index (χ0) is 16.4. The predicted molar refractivity (Wildman–Crippen MR) is 85.1 cm³/mol. The highest BCUT2D eigenvalue weighted by Crippen LogP contribution is 2.35. The van der Waals surface area contributed by atoms with Crippen LogP contribution in [-0.4, -0.2) is 27.3 Å². The highest BCUT2D eigenvalue weighted by atomic mass is 16.5. The van der Waals surface area contributed by atoms with E-state index < -0.39 is 0 Å². The number of aromatic amines is 1. The van der Waals surface area contributed by atoms with Gasteiger partial charge in [0.1, 0.15) is 6.10 Å². The van der Waals surface area contributed by atoms with Gasteiger partial charge >= 0.3 is 0 Å². The molecule has 0 bridgehead atoms. The average molecular weight is 316 g/mol. The van der Waals surface area contributed by atoms with E-state index in [4.69, 9.17) is 4.74 Å². The molecule has 7 heteroatoms. The molecule has 0 aromatic carbocycles. The second kappa shape index (κ2) is 6.37. The van der Waals surface area contributed by atoms with Gasteiger partial charge in [0.05, 0.1) is 17.3 Å². The number of H-pyrrole nitrogens is 1. The van der Waals surface area contributed by atoms with Crippen LogP contribution >= 0.6 is 0 Å². The maximum atomic E-state index is 12.6. The van der Waals surface area contributed by atoms with E-state index in [1.54, 1.807) is 13.1 Å². The number of nitrogens with one attached hydrogen (secondary N) is 2. The third kappa shape index (κ3) is 3.05. The molecule has 2 atom stereocenters. The lowest BCUT2D eigenvalue weighted by Crippen LogP contribution is -2.27. The molecule has 3 heterocycles. The molecule has 1 fully saturated rings. The van der Waals surface area contributed by atoms with E-state index in [1.807, 2.05) is 17.7 Å². The molecule has 1 saturated heterocycles. The number of aryl methyl sites for hydroxylation is 2. The molecule has 23 heavy (non-hydrogen) atoms. The third-order valence-electron chi connectivity index (χ3n) is 4.16. The van der Waals surface area contributed by atoms with Crippen molar-refractivity contribution in [1.82, 2.24) is 14.8 Å². The molecule has 1 aliphatic heterocycles. The van der Waals surface area contributed by atoms with Gasteiger partial charge in [0.25, 0.3) is 0 Å². The summed E-state index contributed by atoms with van der Waals surface area (Å²) < 4.78 is 7.63. The molecule has 0 radical (unpaired) electrons. The lowest BCUT2D eigenvalue weighted by Gasteiger charge is -2.19. The van der Waals surface area contributed by atoms with Gasteiger partial charge < -0.3 is 15.0 Å². The minimum Gasteiger partial charge on any atom is -0.371 e. The molecular weight excluding hydrogens is 296 g/mol. The molecule has 2 aromatic rings. The van der Waals surface area contributed by atoms with Crippen LogP contribution in [0.25, 0.3) is 0 Å². The number of aromatic nitrogens is 3. The Hall–Kier alpha value is -2.41. The second-order valence-corrected chi connectivity index (χ2v) is 5.64. The van der Waals surface area contributed by atoms with E-state index in [2.05, 4.69) is 15.4 Å². The Balaban J connectivity index is 1.79. The maximum absolute atomic E-state index is 12.6. The van der Waals surface area contributed by atoms with Crippen molar-refractivity contribution in [3.05, 3.63) is 46.1 Å². The molecular formula is C16H20N4O3. The minimum absolute atomic E-state index is 0.105. The number of ether oxygens (including phenoxy) is 1. The summed E-state index contributed by atoms with van der Waals surface area (Å²) in [5, 5.41) is 7.14. The third-order valence-corrected chi connectivity index (χ3v) is 4.16. The Morgan fingerprint density at radius 3 is 3.13 bits per heavy atom. The van der Waals surface area contributed by atoms with Crippen LogP contribution in [0.3, 0.4) is 0 Å². The van der Waals surface area contributed by atoms with Gasteiger partial charge in [-0.25, -0.2) is 0 Å². The van der Waals surface area contributed by atoms with Crippen LogP contribution in [-0.2, 0) is 16.1 Å². The van der Waals surface area contributed by atoms with Crippen LogP contribution < -0.4 is 10.9 Å². The Labute approximate surface area is 133 Å². The number of carbonyl (C=O) groups is 1. The molecule has 2 N–H and O–H groups in total. The van der Waals surface area contributed by atoms with E-state index in [0.29, 0.717) is 18.7 Å². The first-order valence-electron chi connectivity index (χ1n) is 7.73. The van der Waals surface area contributed by atoms with Gasteiger partial charge in [0, 0.05) is 31.6 Å². The van der Waals surface area contributed by atoms with E-state index in [-0.39, 0.29) is 23.5 Å². The summed E-state index contributed by atoms with van der Waals surface area (Å²) in [6, 6.07) is 3.36. The maximum Gasteiger partial charge on any atom is 0.248 e. The van der Waals surface area contributed by atoms with Gasteiger partial charge in [-0.1, -0.05) is 0 Å². The molecule has 0 spiro atoms. The van der Waals surface area contributed by atoms with Crippen LogP contribution in [0, 0.1) is 12.8 Å². The summed E-state index contributed by atoms with van der Waals surface area (Å²) in [6.45, 7) is 5.07. The Morgan fingerprint density at radius 1 is 1.57 bits per heavy atom. The summed E-state index contributed by atoms with van der Waals surface area (Å²) >= 11 is 0. The molecule has 1 amide bonds. The topological polar surface area (TPSA) is 89.0 Å². The molecule has 0 unspecified atom stereocenters. The minimum atomic E-state index is -0.291. The van der Waals surface area contributed by atoms with Crippen molar-refractivity contribution < 1.29 is 9.53 Å². The monoisotopic (exact) mass is 316 g/mol. The van der Waals surface area contributed by atoms with Gasteiger partial charge in [-0.2, -0.15) is 5.10 Å². The second-order valence-electron chi connectivity index (χ2n) is 5.64. The number of rotatable bonds is 4. The number of amides is 1. The van der Waals surface area contributed by atoms with E-state index in [0.717, 1.165) is 17.8 Å². The molecule has 0 saturated carbocycles. The van der Waals surface area contributed by atoms with Crippen molar-refractivity contribution in [1.29, 1.82) is 0 Å². The van der Waals surface area contributed by atoms with Crippen LogP contribution in [0.15, 0.2) is 29.3 Å². The van der Waals surface area contributed by atoms with Crippen molar-refractivity contribution in [2.75, 3.05) is 11.9 Å². The number of nitrogens with zero attached hydrogens (tertiary/aromatic N) is 2. The van der Waals surface area contributed by atoms with Crippen LogP contribution in [0.5, 0.6) is 0 Å². The van der Waals surface area contributed by atoms with Gasteiger partial charge in [0.15, 0.2) is 0 Å². The van der Waals surface area contributed by atoms with E-state index >= 15 is 0 Å². The highest BCUT2D eigenvalue weighted by molar-refractivity contribution is 5.93. The first-order valence-corrected chi connectivity index (χ1v) is 7.73. The van der Waals surface area contributed by atoms with E-state index in [1.165, 1.54) is 12.3 Å². The zero-order valence-electron chi connectivity index (χ0n) is 13.2. The lowest BCUT2D eigenvalue weighted by atomic mass is 9.97. The number of hydrogen-bond acceptors (Lipinski definition) is 4. The first-order chi connectivity index (χ1) is 11.1. The van der Waals surface area contributed by atoms with E-state index in [9.17, 15) is 9.59 Å². The van der Waals surface area contributed by atoms with Crippen molar-refractivity contribution in [3.63, 3.8) is 0 Å². The SMILES string of the molecule is CCn1nccc1[C@@H]1OCC[C@H]1C(=O)Nc1c[nH]c(=O)cc1C. The molecule has 3 rings (SSSR count). The van der Waals surface area contributed by atoms with Gasteiger partial charge in [-0.05, 0) is 31.9 Å². The average Bonchev–Trinajstić information content (AvgIpc) is 3.17. The summed E-state index contributed by atoms with van der Waals surface area (Å²) in [5.74, 6) is -0.380. The van der Waals surface area contributed by atoms with Crippen LogP contribution in [0.2, 0.25) is 0 Å². The molecule has 2 aromatic heterocycles. The van der Waals surface area contributed by atoms with Gasteiger partial charge in [-0.15, -0.1) is 0 Å². The van der Waals surface area contributed by atoms with Crippen molar-refractivity contribution in [2.45, 2.75) is 32.9 Å². The Morgan fingerprint density at radius 2 is 2.39 bits per heavy atom. The zero-order valence-corrected chi connectivity index (χ0v) is 13.2. The number of pyridine rings is 1. The molecule has 1 aliphatic rings. The summed E-state index contributed by atoms with van der Waals surface area (Å²) in [4.78, 5) is 26.5. The van der Waals surface area contributed by atoms with Crippen LogP contribution in [0.4, 0.5) is 5.69 Å². The van der Waals surface area contributed by atoms with Gasteiger partial charge in [0.2, 0.25) is 11.5 Å². The van der Waals surface area contributed by atoms with Gasteiger partial charge in [-0.3, -0.25) is 14.3 Å². The number of hydrogen-bond donors (Lipinski definition) is 2. The summed E-state index contributed by atoms with van der Waals surface area (Å²) in [7, 11) is 0. The smallest absolute Gasteiger partial charge is 0.248 e. The molecule has 122 valence electrons. The summed E-state index contributed by atoms with van der Waals surface area (Å²) in [5.41, 5.74) is 2.08. The Bertz CT molecular complexity index is 765. The fraction of sp³-hybridized carbons (Fsp3) is 0.438. The summed E-state index contributed by atoms with van der Waals surface area (Å²) in [6.07, 6.45) is 3.62. The standard InChI is InChI=1S/C16H20N4O3/c1-3-20-13(4-6-18-20)15-11(5-7-23-15)16(22)19-12-9-17-14(21)8-10(12)2/h4,6,8-9,11,15H,3,5,7H2,1-2H3,(H,17,21)(H,19,22)/t11-,15-/m1/s1. The molecule has 7 nitrogen and oxygen atoms in total. The number of carbonyl (C=O) groups excluding carboxylic acids is 1. The Kier molecular flexibility index (Phi) is 4.29. The molecule has 0 aliphatic carbocycles. The van der Waals surface area contributed by atoms with Crippen molar-refractivity contribution in [2.24, 2.45) is 5.92 Å². The normalized spacial score (nSPS) is 20.6. The lowest BCUT2D eigenvalue weighted by molar-refractivity contribution is -0.121. The largest absolute Gasteiger partial charge is 0.371 e. The first kappa shape index (κ1) is 15.5. The van der Waals surface area contributed by atoms with Crippen LogP contribution in [0.1, 0.15) is 30.7 Å². The quantitative estimate of drug-likeness (QED) is 0.897.